The molecule has 5 N–H and O–H groups in total. The van der Waals surface area contributed by atoms with E-state index in [1.54, 1.807) is 12.4 Å². The maximum absolute atomic E-state index is 15.2. The van der Waals surface area contributed by atoms with Crippen molar-refractivity contribution in [2.75, 3.05) is 24.8 Å². The first-order valence-electron chi connectivity index (χ1n) is 14.1. The van der Waals surface area contributed by atoms with Crippen molar-refractivity contribution >= 4 is 33.3 Å². The number of anilines is 2. The summed E-state index contributed by atoms with van der Waals surface area (Å²) in [5, 5.41) is 10.9. The molecule has 9 nitrogen and oxygen atoms in total. The summed E-state index contributed by atoms with van der Waals surface area (Å²) in [6, 6.07) is 3.29. The van der Waals surface area contributed by atoms with Gasteiger partial charge in [-0.1, -0.05) is 6.92 Å². The van der Waals surface area contributed by atoms with E-state index in [-0.39, 0.29) is 43.5 Å². The van der Waals surface area contributed by atoms with Crippen LogP contribution in [0, 0.1) is 23.0 Å². The second kappa shape index (κ2) is 12.2. The van der Waals surface area contributed by atoms with Gasteiger partial charge in [0.15, 0.2) is 9.84 Å². The Hall–Kier alpha value is -3.55. The first-order chi connectivity index (χ1) is 20.4. The van der Waals surface area contributed by atoms with Crippen molar-refractivity contribution in [3.05, 3.63) is 76.9 Å². The van der Waals surface area contributed by atoms with Crippen molar-refractivity contribution in [2.24, 2.45) is 11.7 Å². The van der Waals surface area contributed by atoms with Gasteiger partial charge >= 0.3 is 0 Å². The van der Waals surface area contributed by atoms with Crippen molar-refractivity contribution in [3.8, 4) is 0 Å². The molecule has 0 bridgehead atoms. The molecule has 5 rings (SSSR count). The summed E-state index contributed by atoms with van der Waals surface area (Å²) in [6.45, 7) is 2.25. The number of ether oxygens (including phenoxy) is 1. The lowest BCUT2D eigenvalue weighted by atomic mass is 9.76. The molecule has 2 aromatic heterocycles. The number of benzene rings is 1. The molecule has 1 aromatic carbocycles. The van der Waals surface area contributed by atoms with Crippen molar-refractivity contribution < 1.29 is 26.3 Å². The summed E-state index contributed by atoms with van der Waals surface area (Å²) in [4.78, 5) is 11.6. The quantitative estimate of drug-likeness (QED) is 0.256. The number of rotatable bonds is 8. The number of pyridine rings is 1. The van der Waals surface area contributed by atoms with Crippen molar-refractivity contribution in [1.82, 2.24) is 15.0 Å². The van der Waals surface area contributed by atoms with Gasteiger partial charge in [0.05, 0.1) is 40.3 Å². The number of H-pyrrole nitrogens is 1. The molecule has 3 aromatic rings. The van der Waals surface area contributed by atoms with E-state index >= 15 is 4.39 Å². The van der Waals surface area contributed by atoms with Crippen LogP contribution in [0.5, 0.6) is 0 Å². The Bertz CT molecular complexity index is 1600. The Morgan fingerprint density at radius 1 is 1.21 bits per heavy atom. The van der Waals surface area contributed by atoms with E-state index in [9.17, 15) is 17.2 Å². The molecule has 0 radical (unpaired) electrons. The fraction of sp³-hybridized carbons (Fsp3) is 0.433. The molecule has 1 aliphatic heterocycles. The number of hydrogen-bond acceptors (Lipinski definition) is 8. The largest absolute Gasteiger partial charge is 0.381 e. The van der Waals surface area contributed by atoms with E-state index in [1.807, 2.05) is 13.0 Å². The normalized spacial score (nSPS) is 24.2. The number of aromatic nitrogens is 3. The number of aromatic amines is 1. The second-order valence-electron chi connectivity index (χ2n) is 11.5. The number of alkyl halides is 1. The highest BCUT2D eigenvalue weighted by Crippen LogP contribution is 2.41. The fourth-order valence-corrected chi connectivity index (χ4v) is 8.06. The van der Waals surface area contributed by atoms with Gasteiger partial charge < -0.3 is 26.2 Å². The van der Waals surface area contributed by atoms with E-state index < -0.39 is 49.7 Å². The molecule has 0 unspecified atom stereocenters. The Morgan fingerprint density at radius 2 is 1.91 bits per heavy atom. The van der Waals surface area contributed by atoms with Crippen LogP contribution in [0.15, 0.2) is 42.9 Å². The topological polar surface area (TPSA) is 147 Å². The fourth-order valence-electron chi connectivity index (χ4n) is 6.36. The van der Waals surface area contributed by atoms with Gasteiger partial charge in [-0.05, 0) is 66.2 Å². The predicted octanol–water partition coefficient (Wildman–Crippen LogP) is 5.14. The summed E-state index contributed by atoms with van der Waals surface area (Å²) in [7, 11) is -3.28. The summed E-state index contributed by atoms with van der Waals surface area (Å²) in [5.41, 5.74) is 5.47. The summed E-state index contributed by atoms with van der Waals surface area (Å²) in [5.74, 6) is -1.76. The molecule has 2 fully saturated rings. The first kappa shape index (κ1) is 30.9. The van der Waals surface area contributed by atoms with Crippen LogP contribution in [-0.2, 0) is 20.2 Å². The minimum absolute atomic E-state index is 0.0102. The molecule has 0 amide bonds. The zero-order chi connectivity index (χ0) is 30.9. The van der Waals surface area contributed by atoms with Gasteiger partial charge in [-0.15, -0.1) is 0 Å². The van der Waals surface area contributed by atoms with E-state index in [0.717, 1.165) is 17.7 Å². The average molecular weight is 617 g/mol. The molecule has 230 valence electrons. The van der Waals surface area contributed by atoms with Crippen molar-refractivity contribution in [3.63, 3.8) is 0 Å². The van der Waals surface area contributed by atoms with Crippen LogP contribution in [0.3, 0.4) is 0 Å². The van der Waals surface area contributed by atoms with Gasteiger partial charge in [0, 0.05) is 44.5 Å². The molecule has 2 aliphatic rings. The number of nitrogens with zero attached hydrogens (tertiary/aromatic N) is 2. The van der Waals surface area contributed by atoms with Crippen LogP contribution < -0.4 is 11.1 Å². The molecule has 3 heterocycles. The molecule has 43 heavy (non-hydrogen) atoms. The average Bonchev–Trinajstić information content (AvgIpc) is 3.38. The summed E-state index contributed by atoms with van der Waals surface area (Å²) in [6.07, 6.45) is 9.91. The Kier molecular flexibility index (Phi) is 8.77. The number of nitrogens with one attached hydrogen (secondary N) is 3. The molecule has 1 saturated heterocycles. The van der Waals surface area contributed by atoms with Gasteiger partial charge in [0.25, 0.3) is 0 Å². The number of allylic oxidation sites excluding steroid dienone is 1. The molecule has 1 aliphatic carbocycles. The predicted molar refractivity (Wildman–Crippen MR) is 159 cm³/mol. The van der Waals surface area contributed by atoms with Crippen molar-refractivity contribution in [2.45, 2.75) is 55.5 Å². The number of nitrogens with two attached hydrogens (primary N) is 1. The van der Waals surface area contributed by atoms with Gasteiger partial charge in [-0.3, -0.25) is 4.98 Å². The Balaban J connectivity index is 1.28. The van der Waals surface area contributed by atoms with Gasteiger partial charge in [-0.25, -0.2) is 26.6 Å². The van der Waals surface area contributed by atoms with Crippen LogP contribution in [0.25, 0.3) is 6.08 Å². The summed E-state index contributed by atoms with van der Waals surface area (Å²) < 4.78 is 74.7. The van der Waals surface area contributed by atoms with Crippen LogP contribution >= 0.6 is 0 Å². The zero-order valence-corrected chi connectivity index (χ0v) is 24.7. The van der Waals surface area contributed by atoms with E-state index in [0.29, 0.717) is 30.2 Å². The lowest BCUT2D eigenvalue weighted by Gasteiger charge is -2.38. The number of imidazole rings is 1. The van der Waals surface area contributed by atoms with E-state index in [1.165, 1.54) is 24.6 Å². The maximum atomic E-state index is 15.2. The summed E-state index contributed by atoms with van der Waals surface area (Å²) >= 11 is 0. The number of sulfone groups is 1. The van der Waals surface area contributed by atoms with E-state index in [4.69, 9.17) is 15.9 Å². The monoisotopic (exact) mass is 616 g/mol. The third-order valence-electron chi connectivity index (χ3n) is 8.38. The minimum Gasteiger partial charge on any atom is -0.381 e. The highest BCUT2D eigenvalue weighted by Gasteiger charge is 2.40. The van der Waals surface area contributed by atoms with Crippen LogP contribution in [0.2, 0.25) is 0 Å². The molecule has 1 saturated carbocycles. The van der Waals surface area contributed by atoms with Crippen molar-refractivity contribution in [1.29, 1.82) is 5.41 Å². The Morgan fingerprint density at radius 3 is 2.56 bits per heavy atom. The Labute approximate surface area is 248 Å². The standard InChI is InChI=1S/C30H35F3N6O3S/c1-17-11-18(12-25(35)28(17)43(2,40)41)21-5-8-36-16-26(21)39-29-37-15-20(38-29)3-4-24(34)27-22(31)13-19(14-23(27)32)30(33)6-9-42-10-7-30/h3-5,8,13-18,25,28,34H,6-7,9-12,35H2,1-2H3,(H2,37,38,39)/b4-3-,34-24?/t17-,18+,25+,28-/m0/s1. The van der Waals surface area contributed by atoms with E-state index in [2.05, 4.69) is 20.3 Å². The molecule has 0 spiro atoms. The maximum Gasteiger partial charge on any atom is 0.205 e. The smallest absolute Gasteiger partial charge is 0.205 e. The highest BCUT2D eigenvalue weighted by atomic mass is 32.2. The van der Waals surface area contributed by atoms with Gasteiger partial charge in [-0.2, -0.15) is 0 Å². The SMILES string of the molecule is C[C@H]1C[C@@H](c2ccncc2Nc2ncc(/C=C\C(=N)c3c(F)cc(C4(F)CCOCC4)cc3F)[nH]2)C[C@@H](N)[C@H]1S(C)(=O)=O. The molecular formula is C30H35F3N6O3S. The lowest BCUT2D eigenvalue weighted by Crippen LogP contribution is -2.48. The number of hydrogen-bond donors (Lipinski definition) is 4. The first-order valence-corrected chi connectivity index (χ1v) is 16.0. The van der Waals surface area contributed by atoms with Crippen LogP contribution in [0.1, 0.15) is 60.9 Å². The minimum atomic E-state index is -3.28. The molecule has 13 heteroatoms. The molecular weight excluding hydrogens is 581 g/mol. The van der Waals surface area contributed by atoms with Crippen LogP contribution in [-0.4, -0.2) is 59.8 Å². The number of halogens is 3. The third-order valence-corrected chi connectivity index (χ3v) is 10.2. The second-order valence-corrected chi connectivity index (χ2v) is 13.7. The van der Waals surface area contributed by atoms with Gasteiger partial charge in [0.2, 0.25) is 5.95 Å². The molecule has 4 atom stereocenters. The van der Waals surface area contributed by atoms with Crippen LogP contribution in [0.4, 0.5) is 24.8 Å². The lowest BCUT2D eigenvalue weighted by molar-refractivity contribution is -0.0118. The van der Waals surface area contributed by atoms with Gasteiger partial charge in [0.1, 0.15) is 17.3 Å². The third kappa shape index (κ3) is 6.68. The zero-order valence-electron chi connectivity index (χ0n) is 23.9. The highest BCUT2D eigenvalue weighted by molar-refractivity contribution is 7.91.